The minimum absolute atomic E-state index is 0.0389. The number of hydrogen-bond donors (Lipinski definition) is 3. The Hall–Kier alpha value is -2.74. The SMILES string of the molecule is CC(=O)C(=[NH2+])c1cc(OCc2cscn2)ccc1NCC(=O)O. The summed E-state index contributed by atoms with van der Waals surface area (Å²) in [4.78, 5) is 26.3. The van der Waals surface area contributed by atoms with Gasteiger partial charge in [0.1, 0.15) is 18.9 Å². The van der Waals surface area contributed by atoms with Crippen molar-refractivity contribution in [3.05, 3.63) is 40.3 Å². The van der Waals surface area contributed by atoms with Gasteiger partial charge >= 0.3 is 5.97 Å². The quantitative estimate of drug-likeness (QED) is 0.601. The molecule has 0 spiro atoms. The predicted molar refractivity (Wildman–Crippen MR) is 85.7 cm³/mol. The molecule has 8 heteroatoms. The van der Waals surface area contributed by atoms with Crippen LogP contribution in [0.15, 0.2) is 29.1 Å². The Bertz CT molecular complexity index is 728. The Kier molecular flexibility index (Phi) is 5.42. The second-order valence-electron chi connectivity index (χ2n) is 4.69. The first kappa shape index (κ1) is 16.6. The second-order valence-corrected chi connectivity index (χ2v) is 5.41. The van der Waals surface area contributed by atoms with Crippen molar-refractivity contribution in [1.82, 2.24) is 4.98 Å². The summed E-state index contributed by atoms with van der Waals surface area (Å²) in [7, 11) is 0. The van der Waals surface area contributed by atoms with Crippen molar-refractivity contribution in [3.8, 4) is 5.75 Å². The number of rotatable bonds is 8. The molecule has 0 fully saturated rings. The van der Waals surface area contributed by atoms with Crippen molar-refractivity contribution >= 4 is 34.5 Å². The van der Waals surface area contributed by atoms with Gasteiger partial charge in [0.15, 0.2) is 0 Å². The van der Waals surface area contributed by atoms with Gasteiger partial charge in [-0.15, -0.1) is 11.3 Å². The van der Waals surface area contributed by atoms with Crippen molar-refractivity contribution in [3.63, 3.8) is 0 Å². The van der Waals surface area contributed by atoms with Crippen LogP contribution < -0.4 is 15.5 Å². The molecule has 0 aliphatic carbocycles. The monoisotopic (exact) mass is 334 g/mol. The molecule has 0 saturated carbocycles. The molecule has 2 rings (SSSR count). The van der Waals surface area contributed by atoms with Gasteiger partial charge in [-0.2, -0.15) is 0 Å². The van der Waals surface area contributed by atoms with Crippen LogP contribution in [0.5, 0.6) is 5.75 Å². The first-order valence-electron chi connectivity index (χ1n) is 6.70. The molecule has 1 heterocycles. The number of benzene rings is 1. The maximum absolute atomic E-state index is 11.5. The lowest BCUT2D eigenvalue weighted by Gasteiger charge is -2.11. The fourth-order valence-electron chi connectivity index (χ4n) is 1.82. The number of thiazole rings is 1. The van der Waals surface area contributed by atoms with Crippen LogP contribution in [0.25, 0.3) is 0 Å². The molecule has 1 aromatic heterocycles. The highest BCUT2D eigenvalue weighted by molar-refractivity contribution is 7.07. The number of Topliss-reactive ketones (excluding diaryl/α,β-unsaturated/α-hetero) is 1. The minimum Gasteiger partial charge on any atom is -0.487 e. The fraction of sp³-hybridized carbons (Fsp3) is 0.200. The molecule has 0 unspecified atom stereocenters. The van der Waals surface area contributed by atoms with Crippen LogP contribution in [-0.4, -0.2) is 34.1 Å². The van der Waals surface area contributed by atoms with E-state index in [1.165, 1.54) is 18.3 Å². The van der Waals surface area contributed by atoms with Crippen LogP contribution in [0.3, 0.4) is 0 Å². The van der Waals surface area contributed by atoms with Crippen LogP contribution in [0, 0.1) is 0 Å². The Morgan fingerprint density at radius 3 is 2.83 bits per heavy atom. The number of carboxylic acids is 1. The topological polar surface area (TPSA) is 114 Å². The molecule has 0 atom stereocenters. The van der Waals surface area contributed by atoms with E-state index in [-0.39, 0.29) is 18.0 Å². The summed E-state index contributed by atoms with van der Waals surface area (Å²) < 4.78 is 5.62. The number of nitrogens with zero attached hydrogens (tertiary/aromatic N) is 1. The smallest absolute Gasteiger partial charge is 0.322 e. The van der Waals surface area contributed by atoms with Gasteiger partial charge in [-0.1, -0.05) is 0 Å². The zero-order valence-electron chi connectivity index (χ0n) is 12.4. The average Bonchev–Trinajstić information content (AvgIpc) is 3.03. The van der Waals surface area contributed by atoms with Gasteiger partial charge in [0, 0.05) is 18.0 Å². The summed E-state index contributed by atoms with van der Waals surface area (Å²) >= 11 is 1.47. The highest BCUT2D eigenvalue weighted by Crippen LogP contribution is 2.23. The van der Waals surface area contributed by atoms with Gasteiger partial charge < -0.3 is 15.2 Å². The van der Waals surface area contributed by atoms with Gasteiger partial charge in [-0.3, -0.25) is 15.0 Å². The lowest BCUT2D eigenvalue weighted by molar-refractivity contribution is -0.135. The number of nitrogens with two attached hydrogens (primary N) is 1. The Balaban J connectivity index is 2.21. The van der Waals surface area contributed by atoms with Crippen LogP contribution in [0.1, 0.15) is 18.2 Å². The van der Waals surface area contributed by atoms with Gasteiger partial charge in [0.05, 0.1) is 16.8 Å². The van der Waals surface area contributed by atoms with Crippen LogP contribution >= 0.6 is 11.3 Å². The number of carbonyl (C=O) groups excluding carboxylic acids is 1. The normalized spacial score (nSPS) is 10.1. The van der Waals surface area contributed by atoms with Crippen molar-refractivity contribution < 1.29 is 24.8 Å². The van der Waals surface area contributed by atoms with Crippen LogP contribution in [0.2, 0.25) is 0 Å². The van der Waals surface area contributed by atoms with Crippen molar-refractivity contribution in [1.29, 1.82) is 0 Å². The fourth-order valence-corrected chi connectivity index (χ4v) is 2.36. The van der Waals surface area contributed by atoms with Crippen LogP contribution in [0.4, 0.5) is 5.69 Å². The molecule has 4 N–H and O–H groups in total. The lowest BCUT2D eigenvalue weighted by Crippen LogP contribution is -2.45. The molecule has 2 aromatic rings. The summed E-state index contributed by atoms with van der Waals surface area (Å²) in [5.74, 6) is -0.806. The maximum atomic E-state index is 11.5. The molecule has 23 heavy (non-hydrogen) atoms. The maximum Gasteiger partial charge on any atom is 0.322 e. The van der Waals surface area contributed by atoms with E-state index in [0.717, 1.165) is 5.69 Å². The van der Waals surface area contributed by atoms with E-state index in [2.05, 4.69) is 10.3 Å². The van der Waals surface area contributed by atoms with Gasteiger partial charge in [0.25, 0.3) is 0 Å². The Labute approximate surface area is 136 Å². The summed E-state index contributed by atoms with van der Waals surface area (Å²) in [6, 6.07) is 4.91. The number of aliphatic carboxylic acids is 1. The molecule has 0 amide bonds. The first-order chi connectivity index (χ1) is 11.0. The Morgan fingerprint density at radius 2 is 2.22 bits per heavy atom. The zero-order valence-corrected chi connectivity index (χ0v) is 13.2. The van der Waals surface area contributed by atoms with E-state index in [1.807, 2.05) is 5.38 Å². The van der Waals surface area contributed by atoms with E-state index in [4.69, 9.17) is 15.3 Å². The highest BCUT2D eigenvalue weighted by atomic mass is 32.1. The number of aromatic nitrogens is 1. The molecule has 0 saturated heterocycles. The third-order valence-corrected chi connectivity index (χ3v) is 3.60. The summed E-state index contributed by atoms with van der Waals surface area (Å²) in [5.41, 5.74) is 3.42. The molecule has 7 nitrogen and oxygen atoms in total. The number of carboxylic acid groups (broad SMARTS) is 1. The van der Waals surface area contributed by atoms with Gasteiger partial charge in [-0.05, 0) is 18.2 Å². The number of hydrogen-bond acceptors (Lipinski definition) is 6. The predicted octanol–water partition coefficient (Wildman–Crippen LogP) is 0.356. The number of anilines is 1. The third-order valence-electron chi connectivity index (χ3n) is 2.96. The summed E-state index contributed by atoms with van der Waals surface area (Å²) in [6.07, 6.45) is 0. The second kappa shape index (κ2) is 7.50. The minimum atomic E-state index is -1.01. The molecule has 0 aliphatic rings. The molecule has 0 aliphatic heterocycles. The molecule has 1 aromatic carbocycles. The first-order valence-corrected chi connectivity index (χ1v) is 7.65. The van der Waals surface area contributed by atoms with Gasteiger partial charge in [0.2, 0.25) is 11.5 Å². The van der Waals surface area contributed by atoms with E-state index in [9.17, 15) is 9.59 Å². The lowest BCUT2D eigenvalue weighted by atomic mass is 10.0. The number of carbonyl (C=O) groups is 2. The standard InChI is InChI=1S/C15H15N3O4S/c1-9(19)15(16)12-4-11(22-6-10-7-23-8-18-10)2-3-13(12)17-5-14(20)21/h2-4,7-8,16-17H,5-6H2,1H3,(H,20,21)/p+1. The van der Waals surface area contributed by atoms with E-state index >= 15 is 0 Å². The molecule has 0 radical (unpaired) electrons. The highest BCUT2D eigenvalue weighted by Gasteiger charge is 2.19. The summed E-state index contributed by atoms with van der Waals surface area (Å²) in [6.45, 7) is 1.36. The zero-order chi connectivity index (χ0) is 16.8. The van der Waals surface area contributed by atoms with Crippen LogP contribution in [-0.2, 0) is 16.2 Å². The van der Waals surface area contributed by atoms with E-state index < -0.39 is 5.97 Å². The molecule has 0 bridgehead atoms. The molecule has 120 valence electrons. The van der Waals surface area contributed by atoms with Crippen molar-refractivity contribution in [2.75, 3.05) is 11.9 Å². The molecular formula is C15H16N3O4S+. The molecular weight excluding hydrogens is 318 g/mol. The Morgan fingerprint density at radius 1 is 1.43 bits per heavy atom. The number of ether oxygens (including phenoxy) is 1. The summed E-state index contributed by atoms with van der Waals surface area (Å²) in [5, 5.41) is 19.2. The van der Waals surface area contributed by atoms with Crippen molar-refractivity contribution in [2.45, 2.75) is 13.5 Å². The van der Waals surface area contributed by atoms with Gasteiger partial charge in [-0.25, -0.2) is 4.98 Å². The largest absolute Gasteiger partial charge is 0.487 e. The van der Waals surface area contributed by atoms with E-state index in [0.29, 0.717) is 23.6 Å². The number of ketones is 1. The number of nitrogens with one attached hydrogen (secondary N) is 1. The third kappa shape index (κ3) is 4.62. The average molecular weight is 334 g/mol. The van der Waals surface area contributed by atoms with Crippen molar-refractivity contribution in [2.24, 2.45) is 0 Å². The van der Waals surface area contributed by atoms with E-state index in [1.54, 1.807) is 23.7 Å².